The van der Waals surface area contributed by atoms with Crippen molar-refractivity contribution < 1.29 is 31.5 Å². The fourth-order valence-corrected chi connectivity index (χ4v) is 7.53. The third kappa shape index (κ3) is 5.45. The molecule has 6 rings (SSSR count). The second kappa shape index (κ2) is 12.4. The van der Waals surface area contributed by atoms with E-state index >= 15 is 0 Å². The van der Waals surface area contributed by atoms with E-state index < -0.39 is 38.7 Å². The lowest BCUT2D eigenvalue weighted by Crippen LogP contribution is -2.15. The van der Waals surface area contributed by atoms with Crippen LogP contribution in [0.3, 0.4) is 0 Å². The Balaban J connectivity index is 1.78. The first kappa shape index (κ1) is 32.1. The van der Waals surface area contributed by atoms with Gasteiger partial charge in [0, 0.05) is 38.2 Å². The number of nitriles is 2. The number of alkyl halides is 2. The quantitative estimate of drug-likeness (QED) is 0.179. The summed E-state index contributed by atoms with van der Waals surface area (Å²) in [5.74, 6) is -1.93. The summed E-state index contributed by atoms with van der Waals surface area (Å²) in [6, 6.07) is 26.5. The van der Waals surface area contributed by atoms with Crippen molar-refractivity contribution in [3.05, 3.63) is 136 Å². The number of benzene rings is 5. The smallest absolute Gasteiger partial charge is 0.335 e. The number of nitrogens with zero attached hydrogens (tertiary/aromatic N) is 3. The summed E-state index contributed by atoms with van der Waals surface area (Å²) in [4.78, 5) is 11.0. The molecule has 0 aliphatic heterocycles. The van der Waals surface area contributed by atoms with Gasteiger partial charge in [-0.2, -0.15) is 10.5 Å². The molecule has 0 radical (unpaired) electrons. The van der Waals surface area contributed by atoms with Crippen LogP contribution in [0.5, 0.6) is 0 Å². The highest BCUT2D eigenvalue weighted by Crippen LogP contribution is 2.46. The van der Waals surface area contributed by atoms with Gasteiger partial charge in [0.2, 0.25) is 0 Å². The molecular formula is C36H19ClF3N3O4S. The third-order valence-electron chi connectivity index (χ3n) is 7.75. The Labute approximate surface area is 277 Å². The summed E-state index contributed by atoms with van der Waals surface area (Å²) in [7, 11) is -4.74. The maximum absolute atomic E-state index is 15.0. The van der Waals surface area contributed by atoms with Gasteiger partial charge in [0.25, 0.3) is 16.4 Å². The molecule has 5 aromatic carbocycles. The van der Waals surface area contributed by atoms with E-state index in [9.17, 15) is 42.0 Å². The predicted molar refractivity (Wildman–Crippen MR) is 174 cm³/mol. The van der Waals surface area contributed by atoms with E-state index in [1.165, 1.54) is 48.5 Å². The van der Waals surface area contributed by atoms with Crippen LogP contribution in [0.25, 0.3) is 44.4 Å². The molecule has 0 saturated heterocycles. The Hall–Kier alpha value is -5.88. The first-order chi connectivity index (χ1) is 23.0. The molecule has 0 aliphatic carbocycles. The summed E-state index contributed by atoms with van der Waals surface area (Å²) < 4.78 is 72.5. The molecule has 0 spiro atoms. The molecule has 12 heteroatoms. The number of carboxylic acids is 1. The van der Waals surface area contributed by atoms with Crippen LogP contribution in [-0.2, 0) is 10.0 Å². The summed E-state index contributed by atoms with van der Waals surface area (Å²) in [6.45, 7) is 0. The Kier molecular flexibility index (Phi) is 8.27. The van der Waals surface area contributed by atoms with Crippen molar-refractivity contribution >= 4 is 38.5 Å². The monoisotopic (exact) mass is 681 g/mol. The average Bonchev–Trinajstić information content (AvgIpc) is 3.42. The number of carbonyl (C=O) groups is 1. The Bertz CT molecular complexity index is 2470. The first-order valence-electron chi connectivity index (χ1n) is 14.0. The number of rotatable bonds is 7. The molecule has 7 nitrogen and oxygen atoms in total. The summed E-state index contributed by atoms with van der Waals surface area (Å²) in [5, 5.41) is 29.7. The molecule has 0 aliphatic rings. The fourth-order valence-electron chi connectivity index (χ4n) is 5.64. The Morgan fingerprint density at radius 2 is 1.48 bits per heavy atom. The lowest BCUT2D eigenvalue weighted by atomic mass is 9.90. The predicted octanol–water partition coefficient (Wildman–Crippen LogP) is 9.05. The highest BCUT2D eigenvalue weighted by Gasteiger charge is 2.31. The fraction of sp³-hybridized carbons (Fsp3) is 0.0278. The van der Waals surface area contributed by atoms with E-state index in [-0.39, 0.29) is 55.0 Å². The molecule has 0 amide bonds. The van der Waals surface area contributed by atoms with Crippen LogP contribution in [0.2, 0.25) is 5.02 Å². The maximum Gasteiger partial charge on any atom is 0.335 e. The lowest BCUT2D eigenvalue weighted by molar-refractivity contribution is 0.0696. The normalized spacial score (nSPS) is 11.4. The van der Waals surface area contributed by atoms with Crippen LogP contribution < -0.4 is 0 Å². The molecule has 1 heterocycles. The van der Waals surface area contributed by atoms with Crippen LogP contribution in [0.1, 0.15) is 33.5 Å². The number of aromatic carboxylic acids is 1. The van der Waals surface area contributed by atoms with E-state index in [4.69, 9.17) is 11.6 Å². The zero-order valence-corrected chi connectivity index (χ0v) is 25.9. The molecular weight excluding hydrogens is 663 g/mol. The molecule has 48 heavy (non-hydrogen) atoms. The minimum absolute atomic E-state index is 0.000773. The van der Waals surface area contributed by atoms with Gasteiger partial charge in [-0.25, -0.2) is 30.4 Å². The summed E-state index contributed by atoms with van der Waals surface area (Å²) >= 11 is 6.48. The van der Waals surface area contributed by atoms with Crippen molar-refractivity contribution in [3.63, 3.8) is 0 Å². The maximum atomic E-state index is 15.0. The second-order valence-electron chi connectivity index (χ2n) is 10.6. The van der Waals surface area contributed by atoms with Gasteiger partial charge in [0.15, 0.2) is 0 Å². The van der Waals surface area contributed by atoms with Gasteiger partial charge in [0.1, 0.15) is 5.82 Å². The van der Waals surface area contributed by atoms with E-state index in [2.05, 4.69) is 0 Å². The van der Waals surface area contributed by atoms with Crippen molar-refractivity contribution in [1.82, 2.24) is 3.97 Å². The molecule has 0 atom stereocenters. The van der Waals surface area contributed by atoms with Crippen LogP contribution in [0.4, 0.5) is 13.2 Å². The van der Waals surface area contributed by atoms with Gasteiger partial charge in [-0.3, -0.25) is 0 Å². The van der Waals surface area contributed by atoms with E-state index in [0.717, 1.165) is 34.3 Å². The molecule has 236 valence electrons. The molecule has 0 saturated carbocycles. The largest absolute Gasteiger partial charge is 0.478 e. The average molecular weight is 682 g/mol. The van der Waals surface area contributed by atoms with Gasteiger partial charge in [-0.15, -0.1) is 0 Å². The van der Waals surface area contributed by atoms with E-state index in [0.29, 0.717) is 11.1 Å². The molecule has 0 bridgehead atoms. The lowest BCUT2D eigenvalue weighted by Gasteiger charge is -2.16. The number of hydrogen-bond donors (Lipinski definition) is 1. The zero-order chi connectivity index (χ0) is 34.3. The SMILES string of the molecule is N#Cc1cccc(C#N)c1-c1c(-c2cccc(-c3ccc(C(=O)O)cc3Cl)c2)n(S(=O)(=O)c2cccc(C(F)F)c2)c2ccc(F)cc12. The van der Waals surface area contributed by atoms with E-state index in [1.54, 1.807) is 24.3 Å². The third-order valence-corrected chi connectivity index (χ3v) is 9.78. The molecule has 0 fully saturated rings. The zero-order valence-electron chi connectivity index (χ0n) is 24.3. The summed E-state index contributed by atoms with van der Waals surface area (Å²) in [6.07, 6.45) is -2.97. The minimum atomic E-state index is -4.74. The van der Waals surface area contributed by atoms with Gasteiger partial charge in [-0.1, -0.05) is 54.1 Å². The molecule has 1 aromatic heterocycles. The number of carboxylic acid groups (broad SMARTS) is 1. The van der Waals surface area contributed by atoms with Gasteiger partial charge >= 0.3 is 5.97 Å². The van der Waals surface area contributed by atoms with Crippen molar-refractivity contribution in [2.24, 2.45) is 0 Å². The highest BCUT2D eigenvalue weighted by atomic mass is 35.5. The standard InChI is InChI=1S/C36H19ClF3N3O4S/c37-30-16-23(36(44)45)10-12-28(30)20-4-1-5-21(14-20)34-33(32-24(18-41)7-2-8-25(32)19-42)29-17-26(38)11-13-31(29)43(34)48(46,47)27-9-3-6-22(15-27)35(39)40/h1-17,35H,(H,44,45). The number of aromatic nitrogens is 1. The Morgan fingerprint density at radius 1 is 0.812 bits per heavy atom. The van der Waals surface area contributed by atoms with Crippen LogP contribution >= 0.6 is 11.6 Å². The highest BCUT2D eigenvalue weighted by molar-refractivity contribution is 7.90. The van der Waals surface area contributed by atoms with Crippen molar-refractivity contribution in [2.75, 3.05) is 0 Å². The molecule has 0 unspecified atom stereocenters. The summed E-state index contributed by atoms with van der Waals surface area (Å²) in [5.41, 5.74) is 0.403. The second-order valence-corrected chi connectivity index (χ2v) is 12.8. The number of fused-ring (bicyclic) bond motifs is 1. The van der Waals surface area contributed by atoms with Gasteiger partial charge < -0.3 is 5.11 Å². The van der Waals surface area contributed by atoms with Crippen molar-refractivity contribution in [1.29, 1.82) is 10.5 Å². The van der Waals surface area contributed by atoms with Crippen molar-refractivity contribution in [3.8, 4) is 45.6 Å². The van der Waals surface area contributed by atoms with Gasteiger partial charge in [-0.05, 0) is 66.2 Å². The Morgan fingerprint density at radius 3 is 2.12 bits per heavy atom. The first-order valence-corrected chi connectivity index (χ1v) is 15.8. The molecule has 1 N–H and O–H groups in total. The van der Waals surface area contributed by atoms with E-state index in [1.807, 2.05) is 12.1 Å². The topological polar surface area (TPSA) is 124 Å². The van der Waals surface area contributed by atoms with Crippen LogP contribution in [0, 0.1) is 28.5 Å². The van der Waals surface area contributed by atoms with Gasteiger partial charge in [0.05, 0.1) is 44.9 Å². The van der Waals surface area contributed by atoms with Crippen LogP contribution in [-0.4, -0.2) is 23.5 Å². The van der Waals surface area contributed by atoms with Crippen molar-refractivity contribution in [2.45, 2.75) is 11.3 Å². The van der Waals surface area contributed by atoms with Crippen LogP contribution in [0.15, 0.2) is 108 Å². The molecule has 6 aromatic rings. The minimum Gasteiger partial charge on any atom is -0.478 e. The number of hydrogen-bond acceptors (Lipinski definition) is 5. The number of halogens is 4.